The molecule has 2 aromatic rings. The summed E-state index contributed by atoms with van der Waals surface area (Å²) in [5.41, 5.74) is 1.36. The number of hydrogen-bond donors (Lipinski definition) is 1. The van der Waals surface area contributed by atoms with Gasteiger partial charge in [0.25, 0.3) is 0 Å². The maximum Gasteiger partial charge on any atom is 0.338 e. The summed E-state index contributed by atoms with van der Waals surface area (Å²) >= 11 is 0. The Kier molecular flexibility index (Phi) is 5.64. The van der Waals surface area contributed by atoms with E-state index >= 15 is 0 Å². The summed E-state index contributed by atoms with van der Waals surface area (Å²) in [5.74, 6) is -1.89. The molecule has 0 heterocycles. The second kappa shape index (κ2) is 7.70. The molecule has 0 aliphatic carbocycles. The lowest BCUT2D eigenvalue weighted by atomic mass is 10.1. The van der Waals surface area contributed by atoms with E-state index in [2.05, 4.69) is 5.32 Å². The number of benzene rings is 2. The number of Topliss-reactive ketones (excluding diaryl/α,β-unsaturated/α-hetero) is 1. The van der Waals surface area contributed by atoms with E-state index in [4.69, 9.17) is 4.74 Å². The highest BCUT2D eigenvalue weighted by Crippen LogP contribution is 2.15. The largest absolute Gasteiger partial charge is 0.451 e. The lowest BCUT2D eigenvalue weighted by molar-refractivity contribution is -0.114. The molecule has 0 aliphatic heterocycles. The van der Waals surface area contributed by atoms with Gasteiger partial charge in [0.05, 0.1) is 5.56 Å². The zero-order valence-electron chi connectivity index (χ0n) is 14.1. The summed E-state index contributed by atoms with van der Waals surface area (Å²) in [4.78, 5) is 35.3. The SMILES string of the molecule is CC(=O)Nc1ccc(C(=O)[C@@H](C)OC(=O)c2ccc(C)c(F)c2)cc1. The Hall–Kier alpha value is -3.02. The quantitative estimate of drug-likeness (QED) is 0.666. The van der Waals surface area contributed by atoms with Crippen molar-refractivity contribution >= 4 is 23.3 Å². The Morgan fingerprint density at radius 3 is 2.20 bits per heavy atom. The van der Waals surface area contributed by atoms with Crippen LogP contribution in [0.3, 0.4) is 0 Å². The van der Waals surface area contributed by atoms with E-state index in [-0.39, 0.29) is 11.5 Å². The molecule has 0 radical (unpaired) electrons. The van der Waals surface area contributed by atoms with Crippen LogP contribution in [0.1, 0.15) is 40.1 Å². The fourth-order valence-corrected chi connectivity index (χ4v) is 2.16. The van der Waals surface area contributed by atoms with Crippen LogP contribution < -0.4 is 5.32 Å². The molecule has 0 aliphatic rings. The second-order valence-electron chi connectivity index (χ2n) is 5.63. The smallest absolute Gasteiger partial charge is 0.338 e. The van der Waals surface area contributed by atoms with E-state index in [1.165, 1.54) is 38.1 Å². The first-order valence-electron chi connectivity index (χ1n) is 7.67. The molecule has 1 atom stereocenters. The minimum atomic E-state index is -1.02. The molecule has 1 N–H and O–H groups in total. The summed E-state index contributed by atoms with van der Waals surface area (Å²) in [6, 6.07) is 10.2. The standard InChI is InChI=1S/C19H18FNO4/c1-11-4-5-15(10-17(11)20)19(24)25-12(2)18(23)14-6-8-16(9-7-14)21-13(3)22/h4-10,12H,1-3H3,(H,21,22)/t12-/m1/s1. The fourth-order valence-electron chi connectivity index (χ4n) is 2.16. The second-order valence-corrected chi connectivity index (χ2v) is 5.63. The molecule has 0 saturated carbocycles. The van der Waals surface area contributed by atoms with Gasteiger partial charge in [0.2, 0.25) is 11.7 Å². The summed E-state index contributed by atoms with van der Waals surface area (Å²) in [6.07, 6.45) is -1.02. The van der Waals surface area contributed by atoms with Crippen molar-refractivity contribution in [1.29, 1.82) is 0 Å². The molecule has 5 nitrogen and oxygen atoms in total. The molecule has 6 heteroatoms. The van der Waals surface area contributed by atoms with Gasteiger partial charge in [-0.05, 0) is 55.8 Å². The Morgan fingerprint density at radius 1 is 1.04 bits per heavy atom. The number of ether oxygens (including phenoxy) is 1. The lowest BCUT2D eigenvalue weighted by Crippen LogP contribution is -2.24. The van der Waals surface area contributed by atoms with Gasteiger partial charge >= 0.3 is 5.97 Å². The van der Waals surface area contributed by atoms with Gasteiger partial charge in [0, 0.05) is 18.2 Å². The van der Waals surface area contributed by atoms with Crippen molar-refractivity contribution < 1.29 is 23.5 Å². The highest BCUT2D eigenvalue weighted by molar-refractivity contribution is 6.01. The Labute approximate surface area is 144 Å². The van der Waals surface area contributed by atoms with Crippen LogP contribution in [-0.2, 0) is 9.53 Å². The van der Waals surface area contributed by atoms with Crippen LogP contribution in [0.2, 0.25) is 0 Å². The third-order valence-electron chi connectivity index (χ3n) is 3.55. The number of carbonyl (C=O) groups is 3. The van der Waals surface area contributed by atoms with E-state index in [0.29, 0.717) is 16.8 Å². The Bertz CT molecular complexity index is 815. The maximum atomic E-state index is 13.5. The average molecular weight is 343 g/mol. The van der Waals surface area contributed by atoms with E-state index in [0.717, 1.165) is 6.07 Å². The summed E-state index contributed by atoms with van der Waals surface area (Å²) < 4.78 is 18.6. The number of halogens is 1. The van der Waals surface area contributed by atoms with Gasteiger partial charge in [-0.3, -0.25) is 9.59 Å². The molecule has 0 saturated heterocycles. The van der Waals surface area contributed by atoms with Gasteiger partial charge in [0.15, 0.2) is 6.10 Å². The minimum absolute atomic E-state index is 0.0451. The van der Waals surface area contributed by atoms with Crippen molar-refractivity contribution in [1.82, 2.24) is 0 Å². The van der Waals surface area contributed by atoms with Crippen LogP contribution in [-0.4, -0.2) is 23.8 Å². The predicted octanol–water partition coefficient (Wildman–Crippen LogP) is 3.52. The molecule has 0 spiro atoms. The molecule has 2 aromatic carbocycles. The summed E-state index contributed by atoms with van der Waals surface area (Å²) in [7, 11) is 0. The molecule has 0 aromatic heterocycles. The van der Waals surface area contributed by atoms with Gasteiger partial charge in [-0.25, -0.2) is 9.18 Å². The number of rotatable bonds is 5. The van der Waals surface area contributed by atoms with Crippen molar-refractivity contribution in [2.75, 3.05) is 5.32 Å². The number of esters is 1. The molecule has 2 rings (SSSR count). The first-order valence-corrected chi connectivity index (χ1v) is 7.67. The number of nitrogens with one attached hydrogen (secondary N) is 1. The van der Waals surface area contributed by atoms with Crippen molar-refractivity contribution in [2.45, 2.75) is 26.9 Å². The normalized spacial score (nSPS) is 11.5. The predicted molar refractivity (Wildman–Crippen MR) is 91.1 cm³/mol. The zero-order chi connectivity index (χ0) is 18.6. The van der Waals surface area contributed by atoms with Crippen LogP contribution in [0.15, 0.2) is 42.5 Å². The highest BCUT2D eigenvalue weighted by Gasteiger charge is 2.21. The van der Waals surface area contributed by atoms with E-state index in [9.17, 15) is 18.8 Å². The third kappa shape index (κ3) is 4.73. The number of amides is 1. The van der Waals surface area contributed by atoms with Crippen molar-refractivity contribution in [3.63, 3.8) is 0 Å². The Balaban J connectivity index is 2.05. The molecular formula is C19H18FNO4. The van der Waals surface area contributed by atoms with Crippen LogP contribution in [0, 0.1) is 12.7 Å². The minimum Gasteiger partial charge on any atom is -0.451 e. The summed E-state index contributed by atoms with van der Waals surface area (Å²) in [6.45, 7) is 4.42. The van der Waals surface area contributed by atoms with E-state index < -0.39 is 23.7 Å². The van der Waals surface area contributed by atoms with Gasteiger partial charge < -0.3 is 10.1 Å². The molecule has 0 bridgehead atoms. The topological polar surface area (TPSA) is 72.5 Å². The molecular weight excluding hydrogens is 325 g/mol. The van der Waals surface area contributed by atoms with Crippen molar-refractivity contribution in [3.05, 3.63) is 65.0 Å². The highest BCUT2D eigenvalue weighted by atomic mass is 19.1. The summed E-state index contributed by atoms with van der Waals surface area (Å²) in [5, 5.41) is 2.59. The first kappa shape index (κ1) is 18.3. The maximum absolute atomic E-state index is 13.5. The zero-order valence-corrected chi connectivity index (χ0v) is 14.1. The molecule has 0 unspecified atom stereocenters. The van der Waals surface area contributed by atoms with Gasteiger partial charge in [-0.1, -0.05) is 6.07 Å². The average Bonchev–Trinajstić information content (AvgIpc) is 2.56. The van der Waals surface area contributed by atoms with Crippen molar-refractivity contribution in [3.8, 4) is 0 Å². The van der Waals surface area contributed by atoms with Gasteiger partial charge in [-0.15, -0.1) is 0 Å². The lowest BCUT2D eigenvalue weighted by Gasteiger charge is -2.13. The fraction of sp³-hybridized carbons (Fsp3) is 0.211. The Morgan fingerprint density at radius 2 is 1.64 bits per heavy atom. The number of carbonyl (C=O) groups excluding carboxylic acids is 3. The van der Waals surface area contributed by atoms with Crippen LogP contribution in [0.25, 0.3) is 0 Å². The monoisotopic (exact) mass is 343 g/mol. The molecule has 1 amide bonds. The molecule has 25 heavy (non-hydrogen) atoms. The van der Waals surface area contributed by atoms with Crippen LogP contribution >= 0.6 is 0 Å². The van der Waals surface area contributed by atoms with Crippen LogP contribution in [0.5, 0.6) is 0 Å². The van der Waals surface area contributed by atoms with Gasteiger partial charge in [0.1, 0.15) is 5.82 Å². The van der Waals surface area contributed by atoms with Crippen LogP contribution in [0.4, 0.5) is 10.1 Å². The molecule has 0 fully saturated rings. The van der Waals surface area contributed by atoms with Gasteiger partial charge in [-0.2, -0.15) is 0 Å². The third-order valence-corrected chi connectivity index (χ3v) is 3.55. The van der Waals surface area contributed by atoms with E-state index in [1.807, 2.05) is 0 Å². The number of anilines is 1. The number of ketones is 1. The molecule has 130 valence electrons. The number of aryl methyl sites for hydroxylation is 1. The number of hydrogen-bond acceptors (Lipinski definition) is 4. The van der Waals surface area contributed by atoms with Crippen molar-refractivity contribution in [2.24, 2.45) is 0 Å². The van der Waals surface area contributed by atoms with E-state index in [1.54, 1.807) is 19.1 Å². The first-order chi connectivity index (χ1) is 11.8.